The molecule has 4 nitrogen and oxygen atoms in total. The van der Waals surface area contributed by atoms with Crippen LogP contribution in [0.5, 0.6) is 0 Å². The van der Waals surface area contributed by atoms with E-state index in [1.54, 1.807) is 6.07 Å². The van der Waals surface area contributed by atoms with Crippen LogP contribution < -0.4 is 11.1 Å². The highest BCUT2D eigenvalue weighted by Crippen LogP contribution is 2.29. The summed E-state index contributed by atoms with van der Waals surface area (Å²) in [4.78, 5) is 15.5. The van der Waals surface area contributed by atoms with Gasteiger partial charge in [-0.05, 0) is 12.1 Å². The molecule has 0 saturated carbocycles. The monoisotopic (exact) mass is 295 g/mol. The van der Waals surface area contributed by atoms with Gasteiger partial charge < -0.3 is 11.1 Å². The van der Waals surface area contributed by atoms with Crippen LogP contribution in [-0.2, 0) is 4.79 Å². The number of nitrogens with zero attached hydrogens (tertiary/aromatic N) is 1. The molecule has 0 saturated heterocycles. The van der Waals surface area contributed by atoms with Gasteiger partial charge in [0.2, 0.25) is 5.91 Å². The highest BCUT2D eigenvalue weighted by Gasteiger charge is 2.11. The van der Waals surface area contributed by atoms with Gasteiger partial charge in [0, 0.05) is 23.9 Å². The van der Waals surface area contributed by atoms with E-state index in [0.717, 1.165) is 5.56 Å². The number of carbonyl (C=O) groups excluding carboxylic acids is 1. The van der Waals surface area contributed by atoms with Crippen molar-refractivity contribution < 1.29 is 9.18 Å². The van der Waals surface area contributed by atoms with Gasteiger partial charge in [0.05, 0.1) is 22.6 Å². The van der Waals surface area contributed by atoms with E-state index in [1.807, 2.05) is 30.3 Å². The Bertz CT molecular complexity index is 863. The van der Waals surface area contributed by atoms with Gasteiger partial charge in [0.15, 0.2) is 0 Å². The number of nitrogens with one attached hydrogen (secondary N) is 1. The third kappa shape index (κ3) is 2.61. The summed E-state index contributed by atoms with van der Waals surface area (Å²) in [6, 6.07) is 14.0. The van der Waals surface area contributed by atoms with Crippen LogP contribution in [0.2, 0.25) is 0 Å². The summed E-state index contributed by atoms with van der Waals surface area (Å²) in [6.07, 6.45) is 0. The fraction of sp³-hybridized carbons (Fsp3) is 0.0588. The quantitative estimate of drug-likeness (QED) is 0.759. The molecule has 0 fully saturated rings. The number of nitrogens with two attached hydrogens (primary N) is 1. The molecule has 3 N–H and O–H groups in total. The van der Waals surface area contributed by atoms with Crippen LogP contribution in [0.25, 0.3) is 22.2 Å². The first kappa shape index (κ1) is 14.0. The lowest BCUT2D eigenvalue weighted by Crippen LogP contribution is -2.07. The van der Waals surface area contributed by atoms with Gasteiger partial charge in [-0.15, -0.1) is 0 Å². The molecule has 1 amide bonds. The molecule has 0 spiro atoms. The minimum atomic E-state index is -0.529. The van der Waals surface area contributed by atoms with Gasteiger partial charge in [-0.1, -0.05) is 30.3 Å². The van der Waals surface area contributed by atoms with Crippen molar-refractivity contribution in [3.05, 3.63) is 54.3 Å². The number of benzene rings is 2. The molecule has 22 heavy (non-hydrogen) atoms. The van der Waals surface area contributed by atoms with Crippen LogP contribution in [0.1, 0.15) is 6.92 Å². The van der Waals surface area contributed by atoms with Gasteiger partial charge in [0.25, 0.3) is 0 Å². The number of carbonyl (C=O) groups is 1. The Hall–Kier alpha value is -2.95. The van der Waals surface area contributed by atoms with Crippen molar-refractivity contribution >= 4 is 28.2 Å². The lowest BCUT2D eigenvalue weighted by molar-refractivity contribution is -0.114. The van der Waals surface area contributed by atoms with Crippen molar-refractivity contribution in [2.24, 2.45) is 0 Å². The summed E-state index contributed by atoms with van der Waals surface area (Å²) < 4.78 is 14.0. The third-order valence-corrected chi connectivity index (χ3v) is 3.29. The number of pyridine rings is 1. The van der Waals surface area contributed by atoms with Crippen molar-refractivity contribution in [1.82, 2.24) is 4.98 Å². The Morgan fingerprint density at radius 3 is 2.59 bits per heavy atom. The maximum atomic E-state index is 14.0. The minimum absolute atomic E-state index is 0.119. The molecule has 1 aromatic heterocycles. The predicted molar refractivity (Wildman–Crippen MR) is 85.9 cm³/mol. The summed E-state index contributed by atoms with van der Waals surface area (Å²) in [5.74, 6) is -0.862. The zero-order valence-electron chi connectivity index (χ0n) is 11.9. The van der Waals surface area contributed by atoms with E-state index >= 15 is 0 Å². The fourth-order valence-corrected chi connectivity index (χ4v) is 2.33. The number of halogens is 1. The molecule has 0 aliphatic rings. The van der Waals surface area contributed by atoms with Crippen molar-refractivity contribution in [3.8, 4) is 11.3 Å². The topological polar surface area (TPSA) is 68.0 Å². The van der Waals surface area contributed by atoms with Crippen LogP contribution >= 0.6 is 0 Å². The van der Waals surface area contributed by atoms with E-state index in [9.17, 15) is 9.18 Å². The largest absolute Gasteiger partial charge is 0.397 e. The Balaban J connectivity index is 2.16. The summed E-state index contributed by atoms with van der Waals surface area (Å²) in [7, 11) is 0. The molecule has 0 aliphatic carbocycles. The first-order chi connectivity index (χ1) is 10.5. The zero-order chi connectivity index (χ0) is 15.7. The lowest BCUT2D eigenvalue weighted by Gasteiger charge is -2.10. The fourth-order valence-electron chi connectivity index (χ4n) is 2.33. The van der Waals surface area contributed by atoms with Crippen LogP contribution in [-0.4, -0.2) is 10.9 Å². The molecule has 3 aromatic rings. The third-order valence-electron chi connectivity index (χ3n) is 3.29. The van der Waals surface area contributed by atoms with Crippen molar-refractivity contribution in [2.75, 3.05) is 11.1 Å². The van der Waals surface area contributed by atoms with Gasteiger partial charge in [-0.25, -0.2) is 9.37 Å². The molecule has 0 atom stereocenters. The van der Waals surface area contributed by atoms with Crippen molar-refractivity contribution in [2.45, 2.75) is 6.92 Å². The molecular weight excluding hydrogens is 281 g/mol. The van der Waals surface area contributed by atoms with Gasteiger partial charge in [-0.3, -0.25) is 4.79 Å². The second kappa shape index (κ2) is 5.44. The molecule has 0 unspecified atom stereocenters. The first-order valence-corrected chi connectivity index (χ1v) is 6.77. The van der Waals surface area contributed by atoms with Gasteiger partial charge >= 0.3 is 0 Å². The second-order valence-electron chi connectivity index (χ2n) is 5.00. The van der Waals surface area contributed by atoms with Gasteiger partial charge in [0.1, 0.15) is 5.82 Å². The maximum Gasteiger partial charge on any atom is 0.221 e. The van der Waals surface area contributed by atoms with Gasteiger partial charge in [-0.2, -0.15) is 0 Å². The predicted octanol–water partition coefficient (Wildman–Crippen LogP) is 3.58. The van der Waals surface area contributed by atoms with Crippen molar-refractivity contribution in [1.29, 1.82) is 0 Å². The molecular formula is C17H14FN3O. The molecule has 3 rings (SSSR count). The number of anilines is 2. The van der Waals surface area contributed by atoms with E-state index in [2.05, 4.69) is 10.3 Å². The molecule has 0 bridgehead atoms. The first-order valence-electron chi connectivity index (χ1n) is 6.77. The molecule has 110 valence electrons. The Kier molecular flexibility index (Phi) is 3.47. The number of hydrogen-bond acceptors (Lipinski definition) is 3. The van der Waals surface area contributed by atoms with Crippen LogP contribution in [0, 0.1) is 5.82 Å². The van der Waals surface area contributed by atoms with Crippen LogP contribution in [0.15, 0.2) is 48.5 Å². The van der Waals surface area contributed by atoms with E-state index in [4.69, 9.17) is 5.73 Å². The Morgan fingerprint density at radius 2 is 1.91 bits per heavy atom. The number of aromatic nitrogens is 1. The van der Waals surface area contributed by atoms with E-state index in [1.165, 1.54) is 19.1 Å². The average molecular weight is 295 g/mol. The smallest absolute Gasteiger partial charge is 0.221 e. The molecule has 2 aromatic carbocycles. The standard InChI is InChI=1S/C17H14FN3O/c1-10(22)20-16-8-12-7-14(19)17(11-5-3-2-4-6-11)21-15(12)9-13(16)18/h2-9H,19H2,1H3,(H,20,22). The van der Waals surface area contributed by atoms with E-state index < -0.39 is 5.82 Å². The highest BCUT2D eigenvalue weighted by molar-refractivity contribution is 5.94. The maximum absolute atomic E-state index is 14.0. The minimum Gasteiger partial charge on any atom is -0.397 e. The zero-order valence-corrected chi connectivity index (χ0v) is 11.9. The summed E-state index contributed by atoms with van der Waals surface area (Å²) >= 11 is 0. The summed E-state index contributed by atoms with van der Waals surface area (Å²) in [5.41, 5.74) is 8.65. The van der Waals surface area contributed by atoms with Crippen molar-refractivity contribution in [3.63, 3.8) is 0 Å². The Labute approximate surface area is 126 Å². The summed E-state index contributed by atoms with van der Waals surface area (Å²) in [5, 5.41) is 3.12. The molecule has 0 aliphatic heterocycles. The highest BCUT2D eigenvalue weighted by atomic mass is 19.1. The second-order valence-corrected chi connectivity index (χ2v) is 5.00. The normalized spacial score (nSPS) is 10.6. The number of amides is 1. The number of hydrogen-bond donors (Lipinski definition) is 2. The molecule has 5 heteroatoms. The Morgan fingerprint density at radius 1 is 1.18 bits per heavy atom. The van der Waals surface area contributed by atoms with Crippen LogP contribution in [0.4, 0.5) is 15.8 Å². The van der Waals surface area contributed by atoms with E-state index in [0.29, 0.717) is 22.3 Å². The number of nitrogen functional groups attached to an aromatic ring is 1. The molecule has 1 heterocycles. The molecule has 0 radical (unpaired) electrons. The number of rotatable bonds is 2. The van der Waals surface area contributed by atoms with E-state index in [-0.39, 0.29) is 11.6 Å². The average Bonchev–Trinajstić information content (AvgIpc) is 2.48. The SMILES string of the molecule is CC(=O)Nc1cc2cc(N)c(-c3ccccc3)nc2cc1F. The summed E-state index contributed by atoms with van der Waals surface area (Å²) in [6.45, 7) is 1.33. The van der Waals surface area contributed by atoms with Crippen LogP contribution in [0.3, 0.4) is 0 Å². The number of fused-ring (bicyclic) bond motifs is 1. The lowest BCUT2D eigenvalue weighted by atomic mass is 10.1.